The van der Waals surface area contributed by atoms with Crippen LogP contribution in [0.25, 0.3) is 0 Å². The molecule has 300 valence electrons. The minimum absolute atomic E-state index is 0.140. The SMILES string of the molecule is CC(=O)OCC(=O)OP(c1ccccc1)(c1ccccc1)(c1ccccc1)N1C(=O)[C@H]([C@@H](C)O[Si](C)(C)C(C)(C)C)[C@H]1CC(=O)c1ccc(N2CCOC2=O)cc1. The number of Topliss-reactive ketones (excluding diaryl/α,β-unsaturated/α-hetero) is 1. The molecular weight excluding hydrogens is 760 g/mol. The monoisotopic (exact) mass is 810 g/mol. The zero-order chi connectivity index (χ0) is 41.2. The average molecular weight is 811 g/mol. The van der Waals surface area contributed by atoms with E-state index in [0.717, 1.165) is 0 Å². The third kappa shape index (κ3) is 7.42. The molecule has 57 heavy (non-hydrogen) atoms. The summed E-state index contributed by atoms with van der Waals surface area (Å²) in [4.78, 5) is 70.3. The molecule has 4 aromatic carbocycles. The molecule has 0 spiro atoms. The van der Waals surface area contributed by atoms with Crippen LogP contribution in [-0.2, 0) is 32.8 Å². The molecule has 4 aromatic rings. The molecule has 6 rings (SSSR count). The van der Waals surface area contributed by atoms with Crippen molar-refractivity contribution in [3.63, 3.8) is 0 Å². The number of esters is 1. The molecule has 13 heteroatoms. The molecule has 2 fully saturated rings. The van der Waals surface area contributed by atoms with Crippen molar-refractivity contribution in [1.29, 1.82) is 0 Å². The van der Waals surface area contributed by atoms with Crippen molar-refractivity contribution in [2.45, 2.75) is 71.3 Å². The van der Waals surface area contributed by atoms with Gasteiger partial charge in [0.05, 0.1) is 0 Å². The van der Waals surface area contributed by atoms with Crippen LogP contribution in [0.5, 0.6) is 0 Å². The van der Waals surface area contributed by atoms with E-state index < -0.39 is 58.0 Å². The van der Waals surface area contributed by atoms with Crippen LogP contribution in [0.1, 0.15) is 51.4 Å². The van der Waals surface area contributed by atoms with Crippen molar-refractivity contribution >= 4 is 66.6 Å². The Balaban J connectivity index is 1.59. The molecule has 2 saturated heterocycles. The van der Waals surface area contributed by atoms with Gasteiger partial charge >= 0.3 is 336 Å². The molecule has 0 aliphatic carbocycles. The second-order valence-electron chi connectivity index (χ2n) is 16.0. The van der Waals surface area contributed by atoms with Crippen LogP contribution in [0.15, 0.2) is 115 Å². The van der Waals surface area contributed by atoms with Crippen LogP contribution in [0.4, 0.5) is 10.5 Å². The Morgan fingerprint density at radius 2 is 1.33 bits per heavy atom. The van der Waals surface area contributed by atoms with Crippen molar-refractivity contribution in [3.05, 3.63) is 121 Å². The maximum absolute atomic E-state index is 15.6. The fourth-order valence-electron chi connectivity index (χ4n) is 7.75. The Labute approximate surface area is 335 Å². The maximum atomic E-state index is 15.6. The normalized spacial score (nSPS) is 18.5. The first-order chi connectivity index (χ1) is 27.0. The van der Waals surface area contributed by atoms with Crippen LogP contribution in [0, 0.1) is 5.92 Å². The number of cyclic esters (lactones) is 1. The molecule has 0 aromatic heterocycles. The van der Waals surface area contributed by atoms with E-state index in [-0.39, 0.29) is 29.8 Å². The zero-order valence-corrected chi connectivity index (χ0v) is 35.4. The van der Waals surface area contributed by atoms with Gasteiger partial charge in [-0.05, 0) is 0 Å². The van der Waals surface area contributed by atoms with Gasteiger partial charge in [0, 0.05) is 0 Å². The third-order valence-electron chi connectivity index (χ3n) is 11.5. The standard InChI is InChI=1S/C44H51N2O9PSi/c1-31(55-57(6,7)44(3,4)5)41-38(29-39(48)33-23-25-34(26-24-33)45-27-28-52-43(45)51)46(42(41)50)56(35-17-11-8-12-18-35,36-19-13-9-14-20-36,37-21-15-10-16-22-37)54-40(49)30-53-32(2)47/h8-26,31,38,41H,27-30H2,1-7H3/t31-,38-,41-/m1/s1. The summed E-state index contributed by atoms with van der Waals surface area (Å²) in [6, 6.07) is 33.4. The quantitative estimate of drug-likeness (QED) is 0.0439. The van der Waals surface area contributed by atoms with Crippen molar-refractivity contribution in [3.8, 4) is 0 Å². The van der Waals surface area contributed by atoms with E-state index in [1.54, 1.807) is 28.9 Å². The summed E-state index contributed by atoms with van der Waals surface area (Å²) in [5.74, 6) is -2.92. The molecule has 0 saturated carbocycles. The summed E-state index contributed by atoms with van der Waals surface area (Å²) in [5, 5.41) is 1.45. The summed E-state index contributed by atoms with van der Waals surface area (Å²) >= 11 is 0. The molecule has 11 nitrogen and oxygen atoms in total. The van der Waals surface area contributed by atoms with Gasteiger partial charge in [-0.25, -0.2) is 0 Å². The first kappa shape index (κ1) is 41.5. The second-order valence-corrected chi connectivity index (χ2v) is 24.9. The van der Waals surface area contributed by atoms with Gasteiger partial charge in [-0.1, -0.05) is 0 Å². The van der Waals surface area contributed by atoms with Gasteiger partial charge in [-0.3, -0.25) is 0 Å². The van der Waals surface area contributed by atoms with E-state index in [1.807, 2.05) is 97.9 Å². The van der Waals surface area contributed by atoms with Crippen LogP contribution in [0.3, 0.4) is 0 Å². The first-order valence-electron chi connectivity index (χ1n) is 19.2. The van der Waals surface area contributed by atoms with E-state index in [2.05, 4.69) is 33.9 Å². The topological polar surface area (TPSA) is 129 Å². The molecule has 2 heterocycles. The summed E-state index contributed by atoms with van der Waals surface area (Å²) in [6.45, 7) is 8.70. The number of benzene rings is 4. The fraction of sp³-hybridized carbons (Fsp3) is 0.341. The van der Waals surface area contributed by atoms with E-state index in [9.17, 15) is 19.2 Å². The number of hydrogen-bond acceptors (Lipinski definition) is 9. The molecule has 2 aliphatic rings. The van der Waals surface area contributed by atoms with Crippen LogP contribution < -0.4 is 20.8 Å². The minimum atomic E-state index is -5.00. The Bertz CT molecular complexity index is 2030. The van der Waals surface area contributed by atoms with Gasteiger partial charge in [-0.15, -0.1) is 0 Å². The van der Waals surface area contributed by atoms with Gasteiger partial charge in [-0.2, -0.15) is 0 Å². The van der Waals surface area contributed by atoms with E-state index >= 15 is 4.79 Å². The number of nitrogens with zero attached hydrogens (tertiary/aromatic N) is 2. The van der Waals surface area contributed by atoms with Gasteiger partial charge in [0.2, 0.25) is 0 Å². The number of carbonyl (C=O) groups excluding carboxylic acids is 5. The number of anilines is 1. The molecular formula is C44H51N2O9PSi. The van der Waals surface area contributed by atoms with Crippen LogP contribution in [0.2, 0.25) is 18.1 Å². The summed E-state index contributed by atoms with van der Waals surface area (Å²) in [6.07, 6.45) is -1.20. The fourth-order valence-corrected chi connectivity index (χ4v) is 15.1. The van der Waals surface area contributed by atoms with Crippen molar-refractivity contribution in [2.24, 2.45) is 5.92 Å². The third-order valence-corrected chi connectivity index (χ3v) is 21.7. The summed E-state index contributed by atoms with van der Waals surface area (Å²) in [5.41, 5.74) is 0.985. The van der Waals surface area contributed by atoms with Gasteiger partial charge < -0.3 is 0 Å². The molecule has 0 unspecified atom stereocenters. The van der Waals surface area contributed by atoms with E-state index in [4.69, 9.17) is 18.4 Å². The van der Waals surface area contributed by atoms with Gasteiger partial charge in [0.25, 0.3) is 0 Å². The Kier molecular flexibility index (Phi) is 11.6. The number of rotatable bonds is 14. The van der Waals surface area contributed by atoms with Crippen LogP contribution >= 0.6 is 6.98 Å². The number of amides is 2. The number of hydrogen-bond donors (Lipinski definition) is 0. The Hall–Kier alpha value is -5.16. The Morgan fingerprint density at radius 1 is 0.825 bits per heavy atom. The van der Waals surface area contributed by atoms with Crippen molar-refractivity contribution < 1.29 is 42.4 Å². The van der Waals surface area contributed by atoms with Gasteiger partial charge in [0.1, 0.15) is 0 Å². The zero-order valence-electron chi connectivity index (χ0n) is 33.5. The molecule has 0 radical (unpaired) electrons. The molecule has 3 atom stereocenters. The molecule has 2 amide bonds. The molecule has 0 N–H and O–H groups in total. The van der Waals surface area contributed by atoms with Gasteiger partial charge in [0.15, 0.2) is 0 Å². The predicted octanol–water partition coefficient (Wildman–Crippen LogP) is 6.92. The van der Waals surface area contributed by atoms with Crippen LogP contribution in [-0.4, -0.2) is 74.6 Å². The van der Waals surface area contributed by atoms with E-state index in [1.165, 1.54) is 11.8 Å². The van der Waals surface area contributed by atoms with Crippen molar-refractivity contribution in [2.75, 3.05) is 24.7 Å². The molecule has 2 aliphatic heterocycles. The van der Waals surface area contributed by atoms with E-state index in [0.29, 0.717) is 33.7 Å². The first-order valence-corrected chi connectivity index (χ1v) is 24.2. The number of ether oxygens (including phenoxy) is 2. The number of β-lactam (4-membered cyclic amide) rings is 1. The summed E-state index contributed by atoms with van der Waals surface area (Å²) < 4.78 is 25.9. The predicted molar refractivity (Wildman–Crippen MR) is 224 cm³/mol. The number of carbonyl (C=O) groups is 5. The Morgan fingerprint density at radius 3 is 1.77 bits per heavy atom. The number of ketones is 1. The summed E-state index contributed by atoms with van der Waals surface area (Å²) in [7, 11) is -2.45. The molecule has 0 bridgehead atoms. The van der Waals surface area contributed by atoms with Crippen molar-refractivity contribution in [1.82, 2.24) is 4.67 Å². The average Bonchev–Trinajstić information content (AvgIpc) is 3.62. The second kappa shape index (κ2) is 16.0.